The molecule has 0 atom stereocenters. The number of rotatable bonds is 13. The first-order chi connectivity index (χ1) is 60.0. The summed E-state index contributed by atoms with van der Waals surface area (Å²) in [6, 6.07) is 172. The molecule has 1 aromatic heterocycles. The van der Waals surface area contributed by atoms with Crippen LogP contribution in [0.15, 0.2) is 461 Å². The van der Waals surface area contributed by atoms with E-state index in [4.69, 9.17) is 0 Å². The predicted octanol–water partition coefficient (Wildman–Crippen LogP) is 31.6. The molecule has 3 heterocycles. The van der Waals surface area contributed by atoms with E-state index in [2.05, 4.69) is 481 Å². The van der Waals surface area contributed by atoms with Gasteiger partial charge in [-0.25, -0.2) is 0 Å². The molecule has 0 fully saturated rings. The highest BCUT2D eigenvalue weighted by Gasteiger charge is 2.54. The number of hydrogen-bond acceptors (Lipinski definition) is 5. The van der Waals surface area contributed by atoms with Crippen molar-refractivity contribution < 1.29 is 0 Å². The predicted molar refractivity (Wildman–Crippen MR) is 507 cm³/mol. The number of thiophene rings is 1. The molecule has 0 saturated carbocycles. The van der Waals surface area contributed by atoms with Crippen molar-refractivity contribution in [2.75, 3.05) is 19.6 Å². The molecule has 4 nitrogen and oxygen atoms in total. The van der Waals surface area contributed by atoms with Gasteiger partial charge in [-0.3, -0.25) is 0 Å². The number of para-hydroxylation sites is 6. The van der Waals surface area contributed by atoms with Crippen LogP contribution < -0.4 is 19.6 Å². The third-order valence-corrected chi connectivity index (χ3v) is 27.0. The van der Waals surface area contributed by atoms with Crippen molar-refractivity contribution in [3.63, 3.8) is 0 Å². The topological polar surface area (TPSA) is 13.0 Å². The van der Waals surface area contributed by atoms with Gasteiger partial charge in [-0.1, -0.05) is 328 Å². The largest absolute Gasteiger partial charge is 0.310 e. The third-order valence-electron chi connectivity index (χ3n) is 25.9. The summed E-state index contributed by atoms with van der Waals surface area (Å²) in [6.45, 7) is 0. The molecule has 19 aromatic carbocycles. The molecule has 2 aliphatic heterocycles. The summed E-state index contributed by atoms with van der Waals surface area (Å²) in [5, 5.41) is 2.54. The van der Waals surface area contributed by atoms with Gasteiger partial charge in [-0.05, 0) is 256 Å². The molecule has 24 rings (SSSR count). The van der Waals surface area contributed by atoms with Crippen molar-refractivity contribution in [3.8, 4) is 77.9 Å². The first-order valence-electron chi connectivity index (χ1n) is 41.8. The van der Waals surface area contributed by atoms with E-state index in [-0.39, 0.29) is 0 Å². The number of anilines is 12. The average molecular weight is 1560 g/mol. The monoisotopic (exact) mass is 1560 g/mol. The molecule has 566 valence electrons. The molecule has 0 N–H and O–H groups in total. The van der Waals surface area contributed by atoms with Gasteiger partial charge in [0, 0.05) is 65.7 Å². The molecule has 4 aliphatic rings. The lowest BCUT2D eigenvalue weighted by Crippen LogP contribution is -2.36. The van der Waals surface area contributed by atoms with Gasteiger partial charge in [0.2, 0.25) is 0 Å². The van der Waals surface area contributed by atoms with Gasteiger partial charge in [0.25, 0.3) is 0 Å². The molecule has 0 unspecified atom stereocenters. The Morgan fingerprint density at radius 1 is 0.174 bits per heavy atom. The lowest BCUT2D eigenvalue weighted by Gasteiger charge is -2.45. The fourth-order valence-corrected chi connectivity index (χ4v) is 21.6. The Labute approximate surface area is 708 Å². The van der Waals surface area contributed by atoms with Crippen molar-refractivity contribution in [2.45, 2.75) is 10.8 Å². The van der Waals surface area contributed by atoms with Crippen LogP contribution in [0.5, 0.6) is 0 Å². The van der Waals surface area contributed by atoms with Crippen LogP contribution in [0.3, 0.4) is 0 Å². The third kappa shape index (κ3) is 11.0. The smallest absolute Gasteiger partial charge is 0.0755 e. The van der Waals surface area contributed by atoms with Crippen molar-refractivity contribution in [1.82, 2.24) is 0 Å². The zero-order chi connectivity index (χ0) is 79.7. The minimum absolute atomic E-state index is 0.602. The van der Waals surface area contributed by atoms with E-state index in [0.717, 1.165) is 67.8 Å². The summed E-state index contributed by atoms with van der Waals surface area (Å²) in [4.78, 5) is 9.82. The van der Waals surface area contributed by atoms with E-state index >= 15 is 0 Å². The summed E-state index contributed by atoms with van der Waals surface area (Å²) in [5.41, 5.74) is 39.2. The van der Waals surface area contributed by atoms with Gasteiger partial charge in [-0.2, -0.15) is 0 Å². The van der Waals surface area contributed by atoms with Gasteiger partial charge < -0.3 is 19.6 Å². The normalized spacial score (nSPS) is 13.2. The lowest BCUT2D eigenvalue weighted by atomic mass is 9.64. The second-order valence-electron chi connectivity index (χ2n) is 32.1. The second kappa shape index (κ2) is 28.2. The SMILES string of the molecule is c1ccc(-c2ccc(N(c3ccc(-c4ccc(-c5ccc(-c6ccc(-c7ccc(N(c8ccc9c(c8)C8(c%10ccccc%10-9)c9ccccc9N(c9ccccc9)c9ccccc98)c8ccc9sc%10ccccc%10c9c8)cc7)cc6)cc5)cc4)cc3)c3ccc4c(c3)C3(c5ccccc5-4)c4ccccc4N(c4ccccc4)c4ccccc43)cc2)cc1. The van der Waals surface area contributed by atoms with Crippen LogP contribution in [0.4, 0.5) is 68.2 Å². The maximum absolute atomic E-state index is 2.50. The van der Waals surface area contributed by atoms with Gasteiger partial charge in [0.1, 0.15) is 0 Å². The Bertz CT molecular complexity index is 7330. The molecular formula is C116H76N4S. The molecule has 5 heteroatoms. The summed E-state index contributed by atoms with van der Waals surface area (Å²) in [7, 11) is 0. The van der Waals surface area contributed by atoms with E-state index in [1.807, 2.05) is 11.3 Å². The van der Waals surface area contributed by atoms with Crippen LogP contribution in [0.25, 0.3) is 98.1 Å². The van der Waals surface area contributed by atoms with Crippen molar-refractivity contribution in [1.29, 1.82) is 0 Å². The summed E-state index contributed by atoms with van der Waals surface area (Å²) in [5.74, 6) is 0. The van der Waals surface area contributed by atoms with Gasteiger partial charge in [-0.15, -0.1) is 11.3 Å². The number of nitrogens with zero attached hydrogens (tertiary/aromatic N) is 4. The van der Waals surface area contributed by atoms with Gasteiger partial charge >= 0.3 is 0 Å². The van der Waals surface area contributed by atoms with Gasteiger partial charge in [0.15, 0.2) is 0 Å². The molecule has 2 spiro atoms. The molecule has 0 radical (unpaired) electrons. The summed E-state index contributed by atoms with van der Waals surface area (Å²) >= 11 is 1.86. The van der Waals surface area contributed by atoms with Crippen molar-refractivity contribution >= 4 is 99.8 Å². The maximum Gasteiger partial charge on any atom is 0.0755 e. The highest BCUT2D eigenvalue weighted by molar-refractivity contribution is 7.25. The minimum Gasteiger partial charge on any atom is -0.310 e. The van der Waals surface area contributed by atoms with Crippen LogP contribution in [0.2, 0.25) is 0 Å². The van der Waals surface area contributed by atoms with E-state index in [0.29, 0.717) is 0 Å². The van der Waals surface area contributed by atoms with Crippen molar-refractivity contribution in [2.24, 2.45) is 0 Å². The molecular weight excluding hydrogens is 1480 g/mol. The number of hydrogen-bond donors (Lipinski definition) is 0. The number of benzene rings is 19. The minimum atomic E-state index is -0.605. The molecule has 0 bridgehead atoms. The Hall–Kier alpha value is -15.4. The summed E-state index contributed by atoms with van der Waals surface area (Å²) in [6.07, 6.45) is 0. The quantitative estimate of drug-likeness (QED) is 0.114. The highest BCUT2D eigenvalue weighted by atomic mass is 32.1. The first-order valence-corrected chi connectivity index (χ1v) is 42.6. The fraction of sp³-hybridized carbons (Fsp3) is 0.0172. The van der Waals surface area contributed by atoms with Crippen LogP contribution in [0, 0.1) is 0 Å². The van der Waals surface area contributed by atoms with Crippen LogP contribution in [0.1, 0.15) is 44.5 Å². The van der Waals surface area contributed by atoms with E-state index in [9.17, 15) is 0 Å². The molecule has 2 aliphatic carbocycles. The molecule has 0 amide bonds. The van der Waals surface area contributed by atoms with Crippen LogP contribution in [-0.2, 0) is 10.8 Å². The highest BCUT2D eigenvalue weighted by Crippen LogP contribution is 2.67. The first kappa shape index (κ1) is 69.9. The Kier molecular flexibility index (Phi) is 16.3. The fourth-order valence-electron chi connectivity index (χ4n) is 20.5. The zero-order valence-corrected chi connectivity index (χ0v) is 66.9. The van der Waals surface area contributed by atoms with Crippen LogP contribution >= 0.6 is 11.3 Å². The summed E-state index contributed by atoms with van der Waals surface area (Å²) < 4.78 is 2.57. The van der Waals surface area contributed by atoms with Gasteiger partial charge in [0.05, 0.1) is 33.6 Å². The zero-order valence-electron chi connectivity index (χ0n) is 66.1. The lowest BCUT2D eigenvalue weighted by molar-refractivity contribution is 0.752. The molecule has 121 heavy (non-hydrogen) atoms. The molecule has 20 aromatic rings. The van der Waals surface area contributed by atoms with Crippen LogP contribution in [-0.4, -0.2) is 0 Å². The standard InChI is InChI=1S/C116H76N4S/c1-4-24-77(25-5-1)84-56-62-89(63-57-84)117(93-68-71-97-95-30-10-13-33-101(95)115(107(97)75-93)103-35-15-19-39-109(103)119(87-26-6-2-7-27-87)110-40-20-16-36-104(110)115)90-64-58-85(59-65-90)82-52-48-80(49-53-82)78-44-46-79(47-45-78)81-50-54-83(55-51-81)86-60-66-91(67-61-86)118(92-70-73-114-100(74-92)99-32-12-23-43-113(99)121-114)94-69-72-98-96-31-11-14-34-102(96)116(108(98)76-94)105-37-17-21-41-111(105)120(88-28-8-3-9-29-88)112-42-22-18-38-106(112)116/h1-76H. The van der Waals surface area contributed by atoms with E-state index in [1.54, 1.807) is 0 Å². The number of fused-ring (bicyclic) bond motifs is 21. The second-order valence-corrected chi connectivity index (χ2v) is 33.2. The van der Waals surface area contributed by atoms with E-state index in [1.165, 1.54) is 143 Å². The van der Waals surface area contributed by atoms with E-state index < -0.39 is 10.8 Å². The average Bonchev–Trinajstić information content (AvgIpc) is 1.50. The van der Waals surface area contributed by atoms with Crippen molar-refractivity contribution in [3.05, 3.63) is 506 Å². The maximum atomic E-state index is 2.50. The molecule has 0 saturated heterocycles. The Morgan fingerprint density at radius 2 is 0.430 bits per heavy atom. The Balaban J connectivity index is 0.523. The Morgan fingerprint density at radius 3 is 0.810 bits per heavy atom.